The lowest BCUT2D eigenvalue weighted by atomic mass is 10.1. The fourth-order valence-electron chi connectivity index (χ4n) is 2.76. The average molecular weight is 304 g/mol. The highest BCUT2D eigenvalue weighted by atomic mass is 16.5. The van der Waals surface area contributed by atoms with Crippen molar-refractivity contribution >= 4 is 0 Å². The molecule has 0 unspecified atom stereocenters. The number of rotatable bonds is 3. The van der Waals surface area contributed by atoms with Gasteiger partial charge in [0.1, 0.15) is 12.4 Å². The smallest absolute Gasteiger partial charge is 0.119 e. The molecule has 4 rings (SSSR count). The largest absolute Gasteiger partial charge is 0.491 e. The molecule has 2 nitrogen and oxygen atoms in total. The van der Waals surface area contributed by atoms with E-state index in [1.54, 1.807) is 0 Å². The van der Waals surface area contributed by atoms with Gasteiger partial charge < -0.3 is 9.84 Å². The number of fused-ring (bicyclic) bond motifs is 3. The second-order valence-electron chi connectivity index (χ2n) is 5.38. The van der Waals surface area contributed by atoms with Crippen LogP contribution in [0.4, 0.5) is 0 Å². The third-order valence-corrected chi connectivity index (χ3v) is 3.81. The first-order chi connectivity index (χ1) is 11.4. The first kappa shape index (κ1) is 15.3. The lowest BCUT2D eigenvalue weighted by Crippen LogP contribution is -2.00. The summed E-state index contributed by atoms with van der Waals surface area (Å²) in [6.45, 7) is 0.429. The van der Waals surface area contributed by atoms with Gasteiger partial charge in [-0.15, -0.1) is 0 Å². The molecule has 0 spiro atoms. The molecular weight excluding hydrogens is 284 g/mol. The van der Waals surface area contributed by atoms with Crippen molar-refractivity contribution < 1.29 is 9.84 Å². The monoisotopic (exact) mass is 304 g/mol. The molecule has 2 heteroatoms. The van der Waals surface area contributed by atoms with E-state index in [2.05, 4.69) is 48.5 Å². The number of para-hydroxylation sites is 1. The topological polar surface area (TPSA) is 29.5 Å². The molecule has 1 aliphatic carbocycles. The summed E-state index contributed by atoms with van der Waals surface area (Å²) in [5.41, 5.74) is 5.75. The van der Waals surface area contributed by atoms with Crippen molar-refractivity contribution in [3.05, 3.63) is 90.0 Å². The van der Waals surface area contributed by atoms with Crippen molar-refractivity contribution in [3.8, 4) is 16.9 Å². The summed E-state index contributed by atoms with van der Waals surface area (Å²) < 4.78 is 5.11. The van der Waals surface area contributed by atoms with Gasteiger partial charge >= 0.3 is 0 Å². The van der Waals surface area contributed by atoms with E-state index in [-0.39, 0.29) is 6.61 Å². The summed E-state index contributed by atoms with van der Waals surface area (Å²) in [7, 11) is 0. The van der Waals surface area contributed by atoms with Crippen LogP contribution in [0.15, 0.2) is 78.9 Å². The van der Waals surface area contributed by atoms with Gasteiger partial charge in [0, 0.05) is 0 Å². The van der Waals surface area contributed by atoms with E-state index >= 15 is 0 Å². The quantitative estimate of drug-likeness (QED) is 0.611. The molecule has 0 radical (unpaired) electrons. The zero-order valence-electron chi connectivity index (χ0n) is 13.0. The molecule has 0 heterocycles. The van der Waals surface area contributed by atoms with Crippen molar-refractivity contribution in [1.82, 2.24) is 0 Å². The average Bonchev–Trinajstić information content (AvgIpc) is 3.00. The van der Waals surface area contributed by atoms with Crippen LogP contribution in [-0.4, -0.2) is 18.3 Å². The highest BCUT2D eigenvalue weighted by Gasteiger charge is 2.15. The Labute approximate surface area is 137 Å². The van der Waals surface area contributed by atoms with E-state index in [4.69, 9.17) is 9.84 Å². The van der Waals surface area contributed by atoms with E-state index in [1.807, 2.05) is 30.3 Å². The van der Waals surface area contributed by atoms with Crippen molar-refractivity contribution in [1.29, 1.82) is 0 Å². The molecule has 0 aliphatic heterocycles. The molecule has 0 amide bonds. The van der Waals surface area contributed by atoms with Crippen LogP contribution >= 0.6 is 0 Å². The maximum Gasteiger partial charge on any atom is 0.119 e. The SMILES string of the molecule is OCCOc1ccccc1.c1ccc2c(c1)Cc1ccccc1-2. The Bertz CT molecular complexity index is 707. The van der Waals surface area contributed by atoms with Gasteiger partial charge in [0.05, 0.1) is 6.61 Å². The van der Waals surface area contributed by atoms with Crippen molar-refractivity contribution in [3.63, 3.8) is 0 Å². The van der Waals surface area contributed by atoms with E-state index in [0.717, 1.165) is 12.2 Å². The van der Waals surface area contributed by atoms with E-state index in [0.29, 0.717) is 6.61 Å². The minimum absolute atomic E-state index is 0.0644. The summed E-state index contributed by atoms with van der Waals surface area (Å²) in [5.74, 6) is 0.802. The Morgan fingerprint density at radius 1 is 0.696 bits per heavy atom. The molecule has 3 aromatic rings. The van der Waals surface area contributed by atoms with Crippen LogP contribution in [0.1, 0.15) is 11.1 Å². The van der Waals surface area contributed by atoms with Crippen LogP contribution in [0.2, 0.25) is 0 Å². The van der Waals surface area contributed by atoms with Crippen LogP contribution in [0.5, 0.6) is 5.75 Å². The third-order valence-electron chi connectivity index (χ3n) is 3.81. The first-order valence-corrected chi connectivity index (χ1v) is 7.83. The number of ether oxygens (including phenoxy) is 1. The minimum atomic E-state index is 0.0644. The Kier molecular flexibility index (Phi) is 5.07. The van der Waals surface area contributed by atoms with Gasteiger partial charge in [-0.2, -0.15) is 0 Å². The Hall–Kier alpha value is -2.58. The lowest BCUT2D eigenvalue weighted by Gasteiger charge is -2.01. The van der Waals surface area contributed by atoms with E-state index in [1.165, 1.54) is 22.3 Å². The Balaban J connectivity index is 0.000000142. The van der Waals surface area contributed by atoms with Gasteiger partial charge in [0.2, 0.25) is 0 Å². The molecule has 0 saturated heterocycles. The number of hydrogen-bond donors (Lipinski definition) is 1. The summed E-state index contributed by atoms with van der Waals surface area (Å²) in [6.07, 6.45) is 1.10. The third kappa shape index (κ3) is 3.79. The fraction of sp³-hybridized carbons (Fsp3) is 0.143. The summed E-state index contributed by atoms with van der Waals surface area (Å²) in [6, 6.07) is 26.7. The first-order valence-electron chi connectivity index (χ1n) is 7.83. The molecule has 0 aromatic heterocycles. The van der Waals surface area contributed by atoms with Gasteiger partial charge in [0.15, 0.2) is 0 Å². The van der Waals surface area contributed by atoms with Crippen LogP contribution in [-0.2, 0) is 6.42 Å². The lowest BCUT2D eigenvalue weighted by molar-refractivity contribution is 0.201. The standard InChI is InChI=1S/C13H10.C8H10O2/c1-3-7-12-10(5-1)9-11-6-2-4-8-13(11)12;9-6-7-10-8-4-2-1-3-5-8/h1-8H,9H2;1-5,9H,6-7H2. The zero-order chi connectivity index (χ0) is 15.9. The van der Waals surface area contributed by atoms with Crippen molar-refractivity contribution in [2.24, 2.45) is 0 Å². The van der Waals surface area contributed by atoms with Gasteiger partial charge in [-0.25, -0.2) is 0 Å². The second-order valence-corrected chi connectivity index (χ2v) is 5.38. The predicted octanol–water partition coefficient (Wildman–Crippen LogP) is 4.32. The van der Waals surface area contributed by atoms with E-state index < -0.39 is 0 Å². The zero-order valence-corrected chi connectivity index (χ0v) is 13.0. The number of aliphatic hydroxyl groups excluding tert-OH is 1. The molecular formula is C21H20O2. The van der Waals surface area contributed by atoms with E-state index in [9.17, 15) is 0 Å². The van der Waals surface area contributed by atoms with Crippen LogP contribution in [0, 0.1) is 0 Å². The molecule has 0 atom stereocenters. The highest BCUT2D eigenvalue weighted by Crippen LogP contribution is 2.35. The maximum absolute atomic E-state index is 8.40. The van der Waals surface area contributed by atoms with Crippen LogP contribution in [0.25, 0.3) is 11.1 Å². The molecule has 0 saturated carbocycles. The van der Waals surface area contributed by atoms with Crippen LogP contribution < -0.4 is 4.74 Å². The molecule has 0 bridgehead atoms. The normalized spacial score (nSPS) is 11.0. The Morgan fingerprint density at radius 3 is 1.78 bits per heavy atom. The maximum atomic E-state index is 8.40. The molecule has 3 aromatic carbocycles. The number of aliphatic hydroxyl groups is 1. The van der Waals surface area contributed by atoms with Gasteiger partial charge in [-0.3, -0.25) is 0 Å². The summed E-state index contributed by atoms with van der Waals surface area (Å²) in [5, 5.41) is 8.40. The van der Waals surface area contributed by atoms with Gasteiger partial charge in [-0.05, 0) is 40.8 Å². The predicted molar refractivity (Wildman–Crippen MR) is 93.7 cm³/mol. The summed E-state index contributed by atoms with van der Waals surface area (Å²) >= 11 is 0. The molecule has 0 fully saturated rings. The second kappa shape index (κ2) is 7.61. The Morgan fingerprint density at radius 2 is 1.22 bits per heavy atom. The number of benzene rings is 3. The fourth-order valence-corrected chi connectivity index (χ4v) is 2.76. The minimum Gasteiger partial charge on any atom is -0.491 e. The van der Waals surface area contributed by atoms with Crippen molar-refractivity contribution in [2.75, 3.05) is 13.2 Å². The molecule has 116 valence electrons. The van der Waals surface area contributed by atoms with Gasteiger partial charge in [0.25, 0.3) is 0 Å². The van der Waals surface area contributed by atoms with Gasteiger partial charge in [-0.1, -0.05) is 66.7 Å². The molecule has 1 aliphatic rings. The number of hydrogen-bond acceptors (Lipinski definition) is 2. The van der Waals surface area contributed by atoms with Crippen molar-refractivity contribution in [2.45, 2.75) is 6.42 Å². The summed E-state index contributed by atoms with van der Waals surface area (Å²) in [4.78, 5) is 0. The highest BCUT2D eigenvalue weighted by molar-refractivity contribution is 5.76. The molecule has 1 N–H and O–H groups in total. The van der Waals surface area contributed by atoms with Crippen LogP contribution in [0.3, 0.4) is 0 Å². The molecule has 23 heavy (non-hydrogen) atoms.